The highest BCUT2D eigenvalue weighted by Crippen LogP contribution is 2.68. The van der Waals surface area contributed by atoms with Crippen LogP contribution in [-0.4, -0.2) is 12.4 Å². The molecule has 2 heteroatoms. The Morgan fingerprint density at radius 2 is 1.67 bits per heavy atom. The zero-order valence-electron chi connectivity index (χ0n) is 16.7. The molecular formula is C22H34O2. The van der Waals surface area contributed by atoms with Crippen LogP contribution in [0.4, 0.5) is 0 Å². The standard InChI is InChI=1S/C22H34O2/c1-9-18-21(7,8)22(24-19(10-2)23-18)16-12-11-15(14(3)4)13-17(16)20(22,5)6/h11-14,18-19H,9-10H2,1-8H3/t18-,19?,22-/m1/s1. The predicted molar refractivity (Wildman–Crippen MR) is 99.3 cm³/mol. The summed E-state index contributed by atoms with van der Waals surface area (Å²) >= 11 is 0. The molecule has 0 saturated carbocycles. The van der Waals surface area contributed by atoms with E-state index in [1.54, 1.807) is 0 Å². The Morgan fingerprint density at radius 1 is 1.00 bits per heavy atom. The van der Waals surface area contributed by atoms with Gasteiger partial charge in [0.05, 0.1) is 6.10 Å². The summed E-state index contributed by atoms with van der Waals surface area (Å²) in [6.45, 7) is 18.3. The first kappa shape index (κ1) is 17.9. The van der Waals surface area contributed by atoms with E-state index in [2.05, 4.69) is 73.6 Å². The van der Waals surface area contributed by atoms with Crippen LogP contribution < -0.4 is 0 Å². The first-order valence-electron chi connectivity index (χ1n) is 9.61. The van der Waals surface area contributed by atoms with Crippen LogP contribution in [0.1, 0.15) is 90.8 Å². The van der Waals surface area contributed by atoms with Gasteiger partial charge in [0.2, 0.25) is 0 Å². The molecular weight excluding hydrogens is 296 g/mol. The fourth-order valence-electron chi connectivity index (χ4n) is 5.32. The quantitative estimate of drug-likeness (QED) is 0.688. The number of fused-ring (bicyclic) bond motifs is 2. The SMILES string of the molecule is CCC1O[C@H](CC)C(C)(C)[C@@]2(O1)c1ccc(C(C)C)cc1C2(C)C. The van der Waals surface area contributed by atoms with Gasteiger partial charge in [0.15, 0.2) is 6.29 Å². The Labute approximate surface area is 147 Å². The second-order valence-corrected chi connectivity index (χ2v) is 8.98. The molecule has 0 radical (unpaired) electrons. The third-order valence-corrected chi connectivity index (χ3v) is 6.68. The zero-order chi connectivity index (χ0) is 17.9. The van der Waals surface area contributed by atoms with Crippen LogP contribution >= 0.6 is 0 Å². The topological polar surface area (TPSA) is 18.5 Å². The normalized spacial score (nSPS) is 33.4. The number of benzene rings is 1. The van der Waals surface area contributed by atoms with Gasteiger partial charge in [-0.2, -0.15) is 0 Å². The molecule has 2 nitrogen and oxygen atoms in total. The van der Waals surface area contributed by atoms with E-state index in [9.17, 15) is 0 Å². The minimum Gasteiger partial charge on any atom is -0.349 e. The minimum absolute atomic E-state index is 0.0125. The van der Waals surface area contributed by atoms with Crippen molar-refractivity contribution in [1.29, 1.82) is 0 Å². The highest BCUT2D eigenvalue weighted by atomic mass is 16.7. The van der Waals surface area contributed by atoms with Crippen molar-refractivity contribution in [2.45, 2.75) is 97.6 Å². The zero-order valence-corrected chi connectivity index (χ0v) is 16.7. The molecule has 1 aromatic rings. The van der Waals surface area contributed by atoms with Crippen molar-refractivity contribution in [3.63, 3.8) is 0 Å². The molecule has 1 aromatic carbocycles. The van der Waals surface area contributed by atoms with Crippen LogP contribution in [0.25, 0.3) is 0 Å². The van der Waals surface area contributed by atoms with Crippen LogP contribution in [0.15, 0.2) is 18.2 Å². The highest BCUT2D eigenvalue weighted by Gasteiger charge is 2.70. The van der Waals surface area contributed by atoms with Crippen molar-refractivity contribution >= 4 is 0 Å². The predicted octanol–water partition coefficient (Wildman–Crippen LogP) is 5.88. The van der Waals surface area contributed by atoms with Gasteiger partial charge in [-0.15, -0.1) is 0 Å². The van der Waals surface area contributed by atoms with Crippen molar-refractivity contribution in [2.24, 2.45) is 5.41 Å². The third-order valence-electron chi connectivity index (χ3n) is 6.68. The van der Waals surface area contributed by atoms with Gasteiger partial charge in [0.25, 0.3) is 0 Å². The molecule has 1 saturated heterocycles. The van der Waals surface area contributed by atoms with Gasteiger partial charge in [-0.1, -0.05) is 73.6 Å². The Bertz CT molecular complexity index is 629. The maximum absolute atomic E-state index is 6.73. The highest BCUT2D eigenvalue weighted by molar-refractivity contribution is 5.56. The summed E-state index contributed by atoms with van der Waals surface area (Å²) in [5.74, 6) is 0.554. The Morgan fingerprint density at radius 3 is 2.21 bits per heavy atom. The average molecular weight is 331 g/mol. The summed E-state index contributed by atoms with van der Waals surface area (Å²) in [4.78, 5) is 0. The molecule has 3 rings (SSSR count). The lowest BCUT2D eigenvalue weighted by atomic mass is 9.44. The maximum atomic E-state index is 6.73. The molecule has 1 aliphatic heterocycles. The molecule has 3 atom stereocenters. The fraction of sp³-hybridized carbons (Fsp3) is 0.727. The van der Waals surface area contributed by atoms with E-state index in [0.29, 0.717) is 5.92 Å². The van der Waals surface area contributed by atoms with Crippen molar-refractivity contribution < 1.29 is 9.47 Å². The van der Waals surface area contributed by atoms with Gasteiger partial charge in [0, 0.05) is 10.8 Å². The number of ether oxygens (including phenoxy) is 2. The van der Waals surface area contributed by atoms with Gasteiger partial charge in [-0.25, -0.2) is 0 Å². The molecule has 1 spiro atoms. The minimum atomic E-state index is -0.273. The third kappa shape index (κ3) is 2.02. The van der Waals surface area contributed by atoms with Crippen molar-refractivity contribution in [3.8, 4) is 0 Å². The molecule has 24 heavy (non-hydrogen) atoms. The van der Waals surface area contributed by atoms with Gasteiger partial charge in [-0.3, -0.25) is 0 Å². The van der Waals surface area contributed by atoms with E-state index in [-0.39, 0.29) is 28.8 Å². The Balaban J connectivity index is 2.17. The van der Waals surface area contributed by atoms with Gasteiger partial charge < -0.3 is 9.47 Å². The lowest BCUT2D eigenvalue weighted by molar-refractivity contribution is -0.370. The van der Waals surface area contributed by atoms with E-state index in [4.69, 9.17) is 9.47 Å². The van der Waals surface area contributed by atoms with E-state index in [1.807, 2.05) is 0 Å². The lowest BCUT2D eigenvalue weighted by Crippen LogP contribution is -2.71. The largest absolute Gasteiger partial charge is 0.349 e. The Kier molecular flexibility index (Phi) is 4.17. The maximum Gasteiger partial charge on any atom is 0.159 e. The van der Waals surface area contributed by atoms with Gasteiger partial charge in [-0.05, 0) is 35.4 Å². The molecule has 0 amide bonds. The van der Waals surface area contributed by atoms with Crippen molar-refractivity contribution in [3.05, 3.63) is 34.9 Å². The van der Waals surface area contributed by atoms with Crippen molar-refractivity contribution in [1.82, 2.24) is 0 Å². The molecule has 1 aliphatic carbocycles. The summed E-state index contributed by atoms with van der Waals surface area (Å²) in [6.07, 6.45) is 2.02. The second kappa shape index (κ2) is 5.57. The Hall–Kier alpha value is -0.860. The van der Waals surface area contributed by atoms with E-state index >= 15 is 0 Å². The molecule has 0 bridgehead atoms. The first-order chi connectivity index (χ1) is 11.1. The van der Waals surface area contributed by atoms with Crippen molar-refractivity contribution in [2.75, 3.05) is 0 Å². The lowest BCUT2D eigenvalue weighted by Gasteiger charge is -2.68. The second-order valence-electron chi connectivity index (χ2n) is 8.98. The van der Waals surface area contributed by atoms with Gasteiger partial charge in [0.1, 0.15) is 5.60 Å². The molecule has 1 fully saturated rings. The monoisotopic (exact) mass is 330 g/mol. The molecule has 1 unspecified atom stereocenters. The molecule has 1 heterocycles. The van der Waals surface area contributed by atoms with Crippen LogP contribution in [0.5, 0.6) is 0 Å². The van der Waals surface area contributed by atoms with E-state index in [1.165, 1.54) is 16.7 Å². The van der Waals surface area contributed by atoms with Crippen LogP contribution in [0, 0.1) is 5.41 Å². The first-order valence-corrected chi connectivity index (χ1v) is 9.61. The smallest absolute Gasteiger partial charge is 0.159 e. The van der Waals surface area contributed by atoms with E-state index < -0.39 is 0 Å². The average Bonchev–Trinajstić information content (AvgIpc) is 2.53. The summed E-state index contributed by atoms with van der Waals surface area (Å²) < 4.78 is 13.0. The number of hydrogen-bond acceptors (Lipinski definition) is 2. The molecule has 0 aromatic heterocycles. The number of rotatable bonds is 3. The summed E-state index contributed by atoms with van der Waals surface area (Å²) in [5.41, 5.74) is 3.89. The molecule has 0 N–H and O–H groups in total. The summed E-state index contributed by atoms with van der Waals surface area (Å²) in [7, 11) is 0. The van der Waals surface area contributed by atoms with Gasteiger partial charge >= 0.3 is 0 Å². The fourth-order valence-corrected chi connectivity index (χ4v) is 5.32. The number of hydrogen-bond donors (Lipinski definition) is 0. The molecule has 2 aliphatic rings. The van der Waals surface area contributed by atoms with Crippen LogP contribution in [-0.2, 0) is 20.5 Å². The summed E-state index contributed by atoms with van der Waals surface area (Å²) in [5, 5.41) is 0. The van der Waals surface area contributed by atoms with E-state index in [0.717, 1.165) is 12.8 Å². The molecule has 134 valence electrons. The van der Waals surface area contributed by atoms with Crippen LogP contribution in [0.3, 0.4) is 0 Å². The summed E-state index contributed by atoms with van der Waals surface area (Å²) in [6, 6.07) is 7.02. The van der Waals surface area contributed by atoms with Crippen LogP contribution in [0.2, 0.25) is 0 Å².